The fraction of sp³-hybridized carbons (Fsp3) is 0.706. The predicted octanol–water partition coefficient (Wildman–Crippen LogP) is 1.37. The summed E-state index contributed by atoms with van der Waals surface area (Å²) < 4.78 is 19.7. The van der Waals surface area contributed by atoms with E-state index in [2.05, 4.69) is 23.7 Å². The largest absolute Gasteiger partial charge is 0.396 e. The zero-order valence-electron chi connectivity index (χ0n) is 13.9. The summed E-state index contributed by atoms with van der Waals surface area (Å²) in [5, 5.41) is 9.73. The van der Waals surface area contributed by atoms with Crippen molar-refractivity contribution in [3.8, 4) is 0 Å². The van der Waals surface area contributed by atoms with E-state index in [1.807, 2.05) is 4.90 Å². The van der Waals surface area contributed by atoms with E-state index >= 15 is 0 Å². The highest BCUT2D eigenvalue weighted by Gasteiger charge is 2.35. The van der Waals surface area contributed by atoms with E-state index in [-0.39, 0.29) is 30.5 Å². The van der Waals surface area contributed by atoms with Gasteiger partial charge in [0.25, 0.3) is 0 Å². The molecule has 3 heterocycles. The molecule has 0 unspecified atom stereocenters. The molecule has 0 aromatic carbocycles. The fourth-order valence-corrected chi connectivity index (χ4v) is 3.94. The molecular weight excluding hydrogens is 297 g/mol. The molecule has 6 heteroatoms. The molecule has 1 N–H and O–H groups in total. The van der Waals surface area contributed by atoms with Crippen molar-refractivity contribution in [1.82, 2.24) is 9.88 Å². The first-order valence-electron chi connectivity index (χ1n) is 8.40. The maximum atomic E-state index is 14.0. The summed E-state index contributed by atoms with van der Waals surface area (Å²) in [7, 11) is 0. The van der Waals surface area contributed by atoms with Gasteiger partial charge in [-0.2, -0.15) is 0 Å². The number of hydrogen-bond donors (Lipinski definition) is 1. The van der Waals surface area contributed by atoms with E-state index in [0.717, 1.165) is 26.2 Å². The Morgan fingerprint density at radius 2 is 1.91 bits per heavy atom. The highest BCUT2D eigenvalue weighted by Crippen LogP contribution is 2.30. The number of aromatic nitrogens is 1. The predicted molar refractivity (Wildman–Crippen MR) is 86.9 cm³/mol. The molecule has 0 bridgehead atoms. The summed E-state index contributed by atoms with van der Waals surface area (Å²) >= 11 is 0. The minimum atomic E-state index is -0.293. The third-order valence-electron chi connectivity index (χ3n) is 4.89. The van der Waals surface area contributed by atoms with Crippen LogP contribution in [0.3, 0.4) is 0 Å². The van der Waals surface area contributed by atoms with Crippen LogP contribution in [-0.4, -0.2) is 66.5 Å². The average Bonchev–Trinajstić information content (AvgIpc) is 2.89. The Hall–Kier alpha value is -1.24. The van der Waals surface area contributed by atoms with Gasteiger partial charge >= 0.3 is 0 Å². The van der Waals surface area contributed by atoms with Crippen LogP contribution in [-0.2, 0) is 4.74 Å². The molecule has 0 radical (unpaired) electrons. The third kappa shape index (κ3) is 3.82. The first-order chi connectivity index (χ1) is 11.1. The number of halogens is 1. The van der Waals surface area contributed by atoms with E-state index in [1.165, 1.54) is 6.20 Å². The molecular formula is C17H26FN3O2. The Morgan fingerprint density at radius 3 is 2.57 bits per heavy atom. The molecule has 0 spiro atoms. The second-order valence-electron chi connectivity index (χ2n) is 6.91. The zero-order valence-corrected chi connectivity index (χ0v) is 13.9. The number of rotatable bonds is 4. The number of anilines is 1. The molecule has 23 heavy (non-hydrogen) atoms. The number of morpholine rings is 1. The van der Waals surface area contributed by atoms with Crippen LogP contribution in [0, 0.1) is 17.7 Å². The van der Waals surface area contributed by atoms with E-state index in [4.69, 9.17) is 4.74 Å². The van der Waals surface area contributed by atoms with Gasteiger partial charge in [0, 0.05) is 51.4 Å². The number of pyridine rings is 1. The normalized spacial score (nSPS) is 32.4. The van der Waals surface area contributed by atoms with Gasteiger partial charge in [-0.25, -0.2) is 4.39 Å². The molecule has 2 fully saturated rings. The lowest BCUT2D eigenvalue weighted by molar-refractivity contribution is -0.0725. The summed E-state index contributed by atoms with van der Waals surface area (Å²) in [5.41, 5.74) is 0.588. The molecule has 0 amide bonds. The SMILES string of the molecule is C[C@@H]1CN(C[C@H]2CN(c3ccncc3F)C[C@H]2CO)C[C@H](C)O1. The van der Waals surface area contributed by atoms with Crippen LogP contribution in [0.5, 0.6) is 0 Å². The van der Waals surface area contributed by atoms with Gasteiger partial charge in [0.1, 0.15) is 0 Å². The van der Waals surface area contributed by atoms with Crippen molar-refractivity contribution in [2.75, 3.05) is 44.2 Å². The van der Waals surface area contributed by atoms with Crippen molar-refractivity contribution < 1.29 is 14.2 Å². The van der Waals surface area contributed by atoms with Crippen molar-refractivity contribution >= 4 is 5.69 Å². The van der Waals surface area contributed by atoms with Gasteiger partial charge in [-0.3, -0.25) is 9.88 Å². The zero-order chi connectivity index (χ0) is 16.4. The Balaban J connectivity index is 1.66. The second-order valence-corrected chi connectivity index (χ2v) is 6.91. The van der Waals surface area contributed by atoms with Gasteiger partial charge in [-0.1, -0.05) is 0 Å². The molecule has 2 aliphatic heterocycles. The monoisotopic (exact) mass is 323 g/mol. The lowest BCUT2D eigenvalue weighted by atomic mass is 9.96. The molecule has 3 rings (SSSR count). The van der Waals surface area contributed by atoms with Crippen molar-refractivity contribution in [1.29, 1.82) is 0 Å². The Bertz CT molecular complexity index is 520. The number of aliphatic hydroxyl groups excluding tert-OH is 1. The molecule has 0 aliphatic carbocycles. The minimum Gasteiger partial charge on any atom is -0.396 e. The molecule has 1 aromatic heterocycles. The maximum Gasteiger partial charge on any atom is 0.164 e. The van der Waals surface area contributed by atoms with Crippen molar-refractivity contribution in [2.45, 2.75) is 26.1 Å². The maximum absolute atomic E-state index is 14.0. The second kappa shape index (κ2) is 7.11. The summed E-state index contributed by atoms with van der Waals surface area (Å²) in [6.07, 6.45) is 3.34. The van der Waals surface area contributed by atoms with Gasteiger partial charge in [-0.15, -0.1) is 0 Å². The highest BCUT2D eigenvalue weighted by atomic mass is 19.1. The van der Waals surface area contributed by atoms with E-state index < -0.39 is 0 Å². The lowest BCUT2D eigenvalue weighted by Crippen LogP contribution is -2.48. The molecule has 5 nitrogen and oxygen atoms in total. The minimum absolute atomic E-state index is 0.142. The summed E-state index contributed by atoms with van der Waals surface area (Å²) in [6, 6.07) is 1.71. The van der Waals surface area contributed by atoms with Crippen molar-refractivity contribution in [3.05, 3.63) is 24.3 Å². The summed E-state index contributed by atoms with van der Waals surface area (Å²) in [4.78, 5) is 8.26. The van der Waals surface area contributed by atoms with Crippen LogP contribution in [0.15, 0.2) is 18.5 Å². The Kier molecular flexibility index (Phi) is 5.14. The Morgan fingerprint density at radius 1 is 1.22 bits per heavy atom. The summed E-state index contributed by atoms with van der Waals surface area (Å²) in [5.74, 6) is 0.222. The molecule has 4 atom stereocenters. The highest BCUT2D eigenvalue weighted by molar-refractivity contribution is 5.47. The summed E-state index contributed by atoms with van der Waals surface area (Å²) in [6.45, 7) is 8.56. The van der Waals surface area contributed by atoms with Gasteiger partial charge in [0.15, 0.2) is 5.82 Å². The van der Waals surface area contributed by atoms with Crippen LogP contribution in [0.2, 0.25) is 0 Å². The third-order valence-corrected chi connectivity index (χ3v) is 4.89. The van der Waals surface area contributed by atoms with E-state index in [9.17, 15) is 9.50 Å². The number of aliphatic hydroxyl groups is 1. The first-order valence-corrected chi connectivity index (χ1v) is 8.40. The number of ether oxygens (including phenoxy) is 1. The van der Waals surface area contributed by atoms with Crippen LogP contribution in [0.4, 0.5) is 10.1 Å². The molecule has 2 aliphatic rings. The van der Waals surface area contributed by atoms with Gasteiger partial charge in [0.2, 0.25) is 0 Å². The molecule has 1 aromatic rings. The quantitative estimate of drug-likeness (QED) is 0.907. The van der Waals surface area contributed by atoms with E-state index in [1.54, 1.807) is 12.3 Å². The van der Waals surface area contributed by atoms with Crippen molar-refractivity contribution in [2.24, 2.45) is 11.8 Å². The number of nitrogens with zero attached hydrogens (tertiary/aromatic N) is 3. The topological polar surface area (TPSA) is 48.8 Å². The standard InChI is InChI=1S/C17H26FN3O2/c1-12-6-20(7-13(2)23-12)8-14-9-21(10-15(14)11-22)17-3-4-19-5-16(17)18/h3-5,12-15,22H,6-11H2,1-2H3/t12-,13+,14-,15-/m0/s1. The van der Waals surface area contributed by atoms with Crippen LogP contribution in [0.1, 0.15) is 13.8 Å². The molecule has 2 saturated heterocycles. The lowest BCUT2D eigenvalue weighted by Gasteiger charge is -2.37. The Labute approximate surface area is 137 Å². The van der Waals surface area contributed by atoms with Crippen LogP contribution >= 0.6 is 0 Å². The fourth-order valence-electron chi connectivity index (χ4n) is 3.94. The van der Waals surface area contributed by atoms with Gasteiger partial charge < -0.3 is 14.7 Å². The number of hydrogen-bond acceptors (Lipinski definition) is 5. The van der Waals surface area contributed by atoms with Gasteiger partial charge in [-0.05, 0) is 25.8 Å². The van der Waals surface area contributed by atoms with Crippen LogP contribution in [0.25, 0.3) is 0 Å². The molecule has 0 saturated carbocycles. The van der Waals surface area contributed by atoms with Crippen LogP contribution < -0.4 is 4.90 Å². The average molecular weight is 323 g/mol. The first kappa shape index (κ1) is 16.6. The van der Waals surface area contributed by atoms with Crippen molar-refractivity contribution in [3.63, 3.8) is 0 Å². The molecule has 128 valence electrons. The van der Waals surface area contributed by atoms with E-state index in [0.29, 0.717) is 18.2 Å². The smallest absolute Gasteiger partial charge is 0.164 e. The van der Waals surface area contributed by atoms with Gasteiger partial charge in [0.05, 0.1) is 24.1 Å².